The Hall–Kier alpha value is -3.16. The summed E-state index contributed by atoms with van der Waals surface area (Å²) in [5, 5.41) is 3.08. The molecule has 1 aromatic rings. The number of allylic oxidation sites excluding steroid dienone is 6. The van der Waals surface area contributed by atoms with Gasteiger partial charge in [0.2, 0.25) is 11.6 Å². The Morgan fingerprint density at radius 2 is 1.87 bits per heavy atom. The molecule has 7 heteroatoms. The monoisotopic (exact) mass is 404 g/mol. The number of H-pyrrole nitrogens is 1. The second-order valence-electron chi connectivity index (χ2n) is 7.84. The summed E-state index contributed by atoms with van der Waals surface area (Å²) in [5.41, 5.74) is 4.70. The van der Waals surface area contributed by atoms with Gasteiger partial charge < -0.3 is 15.2 Å². The van der Waals surface area contributed by atoms with Crippen LogP contribution in [0.15, 0.2) is 51.8 Å². The van der Waals surface area contributed by atoms with Gasteiger partial charge >= 0.3 is 0 Å². The Labute approximate surface area is 174 Å². The first kappa shape index (κ1) is 20.1. The van der Waals surface area contributed by atoms with Crippen LogP contribution in [0.25, 0.3) is 5.57 Å². The minimum absolute atomic E-state index is 0.167. The largest absolute Gasteiger partial charge is 0.360 e. The van der Waals surface area contributed by atoms with Crippen molar-refractivity contribution in [3.63, 3.8) is 0 Å². The molecule has 1 aromatic heterocycles. The van der Waals surface area contributed by atoms with E-state index in [4.69, 9.17) is 0 Å². The van der Waals surface area contributed by atoms with Gasteiger partial charge in [-0.1, -0.05) is 0 Å². The predicted molar refractivity (Wildman–Crippen MR) is 116 cm³/mol. The van der Waals surface area contributed by atoms with Gasteiger partial charge in [-0.25, -0.2) is 0 Å². The molecule has 0 bridgehead atoms. The topological polar surface area (TPSA) is 94.6 Å². The number of nitrogens with zero attached hydrogens (tertiary/aromatic N) is 2. The van der Waals surface area contributed by atoms with E-state index in [0.29, 0.717) is 46.5 Å². The van der Waals surface area contributed by atoms with Crippen molar-refractivity contribution in [2.45, 2.75) is 12.8 Å². The second-order valence-corrected chi connectivity index (χ2v) is 7.84. The summed E-state index contributed by atoms with van der Waals surface area (Å²) >= 11 is 0. The van der Waals surface area contributed by atoms with Crippen molar-refractivity contribution in [2.75, 3.05) is 34.2 Å². The van der Waals surface area contributed by atoms with Crippen LogP contribution in [0.4, 0.5) is 0 Å². The van der Waals surface area contributed by atoms with Gasteiger partial charge in [-0.2, -0.15) is 0 Å². The maximum Gasteiger partial charge on any atom is 0.235 e. The number of likely N-dealkylation sites (N-methyl/N-ethyl adjacent to an activating group) is 1. The maximum absolute atomic E-state index is 13.4. The van der Waals surface area contributed by atoms with Gasteiger partial charge in [-0.3, -0.25) is 19.4 Å². The van der Waals surface area contributed by atoms with Crippen LogP contribution in [0, 0.1) is 0 Å². The summed E-state index contributed by atoms with van der Waals surface area (Å²) in [6.07, 6.45) is 9.59. The molecule has 0 aromatic carbocycles. The molecule has 2 aliphatic carbocycles. The number of Topliss-reactive ketones (excluding diaryl/α,β-unsaturated/α-hetero) is 2. The van der Waals surface area contributed by atoms with E-state index >= 15 is 0 Å². The molecule has 7 nitrogen and oxygen atoms in total. The van der Waals surface area contributed by atoms with Gasteiger partial charge in [0.05, 0.1) is 22.5 Å². The molecule has 0 fully saturated rings. The van der Waals surface area contributed by atoms with E-state index < -0.39 is 11.6 Å². The first-order valence-electron chi connectivity index (χ1n) is 9.97. The molecule has 154 valence electrons. The van der Waals surface area contributed by atoms with Gasteiger partial charge in [-0.05, 0) is 69.9 Å². The van der Waals surface area contributed by atoms with Gasteiger partial charge in [0.1, 0.15) is 0 Å². The molecule has 0 amide bonds. The average molecular weight is 404 g/mol. The smallest absolute Gasteiger partial charge is 0.235 e. The molecular weight excluding hydrogens is 380 g/mol. The van der Waals surface area contributed by atoms with Gasteiger partial charge in [0.15, 0.2) is 5.78 Å². The molecule has 1 aliphatic heterocycles. The Kier molecular flexibility index (Phi) is 5.32. The van der Waals surface area contributed by atoms with Crippen LogP contribution in [0.3, 0.4) is 0 Å². The number of fused-ring (bicyclic) bond motifs is 2. The van der Waals surface area contributed by atoms with Crippen molar-refractivity contribution < 1.29 is 14.4 Å². The van der Waals surface area contributed by atoms with Crippen molar-refractivity contribution in [3.8, 4) is 0 Å². The van der Waals surface area contributed by atoms with Gasteiger partial charge in [0, 0.05) is 30.1 Å². The Balaban J connectivity index is 1.74. The lowest BCUT2D eigenvalue weighted by Gasteiger charge is -2.19. The summed E-state index contributed by atoms with van der Waals surface area (Å²) in [5.74, 6) is -1.29. The van der Waals surface area contributed by atoms with E-state index in [1.165, 1.54) is 6.08 Å². The predicted octanol–water partition coefficient (Wildman–Crippen LogP) is 1.65. The van der Waals surface area contributed by atoms with E-state index in [-0.39, 0.29) is 5.78 Å². The molecule has 0 unspecified atom stereocenters. The van der Waals surface area contributed by atoms with Crippen LogP contribution in [0.1, 0.15) is 28.0 Å². The molecule has 0 atom stereocenters. The first-order valence-corrected chi connectivity index (χ1v) is 9.97. The van der Waals surface area contributed by atoms with Crippen LogP contribution in [0.2, 0.25) is 0 Å². The van der Waals surface area contributed by atoms with Crippen LogP contribution in [0.5, 0.6) is 0 Å². The molecule has 3 aliphatic rings. The van der Waals surface area contributed by atoms with Crippen molar-refractivity contribution in [3.05, 3.63) is 63.7 Å². The van der Waals surface area contributed by atoms with Crippen molar-refractivity contribution in [1.29, 1.82) is 0 Å². The van der Waals surface area contributed by atoms with Crippen molar-refractivity contribution >= 4 is 29.1 Å². The van der Waals surface area contributed by atoms with E-state index in [9.17, 15) is 14.4 Å². The highest BCUT2D eigenvalue weighted by molar-refractivity contribution is 6.52. The maximum atomic E-state index is 13.4. The van der Waals surface area contributed by atoms with Crippen molar-refractivity contribution in [2.24, 2.45) is 4.99 Å². The number of aliphatic imine (C=N–C) groups is 1. The zero-order valence-corrected chi connectivity index (χ0v) is 17.3. The molecule has 2 heterocycles. The SMILES string of the molecule is CNCCC1=C2C(=O)C(C3=CC(=O)C(=O)c4c(CCN(C)C)c[nH]c43)=CC=C2N=C1. The van der Waals surface area contributed by atoms with E-state index in [0.717, 1.165) is 24.2 Å². The zero-order valence-electron chi connectivity index (χ0n) is 17.3. The summed E-state index contributed by atoms with van der Waals surface area (Å²) in [7, 11) is 5.77. The second kappa shape index (κ2) is 7.93. The lowest BCUT2D eigenvalue weighted by Crippen LogP contribution is -2.23. The average Bonchev–Trinajstić information content (AvgIpc) is 3.33. The van der Waals surface area contributed by atoms with E-state index in [1.54, 1.807) is 24.6 Å². The highest BCUT2D eigenvalue weighted by Crippen LogP contribution is 2.38. The van der Waals surface area contributed by atoms with Gasteiger partial charge in [0.25, 0.3) is 0 Å². The van der Waals surface area contributed by atoms with Gasteiger partial charge in [-0.15, -0.1) is 0 Å². The number of hydrogen-bond donors (Lipinski definition) is 2. The number of nitrogens with one attached hydrogen (secondary N) is 2. The number of aromatic amines is 1. The van der Waals surface area contributed by atoms with Crippen LogP contribution >= 0.6 is 0 Å². The summed E-state index contributed by atoms with van der Waals surface area (Å²) in [4.78, 5) is 48.0. The normalized spacial score (nSPS) is 18.0. The minimum Gasteiger partial charge on any atom is -0.360 e. The summed E-state index contributed by atoms with van der Waals surface area (Å²) in [6, 6.07) is 0. The van der Waals surface area contributed by atoms with E-state index in [1.807, 2.05) is 26.0 Å². The van der Waals surface area contributed by atoms with Crippen LogP contribution in [-0.4, -0.2) is 67.7 Å². The third kappa shape index (κ3) is 3.36. The molecule has 0 saturated carbocycles. The summed E-state index contributed by atoms with van der Waals surface area (Å²) < 4.78 is 0. The van der Waals surface area contributed by atoms with Crippen molar-refractivity contribution in [1.82, 2.24) is 15.2 Å². The number of ketones is 3. The molecule has 0 spiro atoms. The molecule has 30 heavy (non-hydrogen) atoms. The number of rotatable bonds is 7. The fourth-order valence-corrected chi connectivity index (χ4v) is 3.95. The quantitative estimate of drug-likeness (QED) is 0.674. The fourth-order valence-electron chi connectivity index (χ4n) is 3.95. The third-order valence-corrected chi connectivity index (χ3v) is 5.54. The molecule has 0 saturated heterocycles. The third-order valence-electron chi connectivity index (χ3n) is 5.54. The first-order chi connectivity index (χ1) is 14.4. The number of carbonyl (C=O) groups excluding carboxylic acids is 3. The Bertz CT molecular complexity index is 1110. The molecule has 4 rings (SSSR count). The minimum atomic E-state index is -0.598. The summed E-state index contributed by atoms with van der Waals surface area (Å²) in [6.45, 7) is 1.48. The highest BCUT2D eigenvalue weighted by Gasteiger charge is 2.36. The zero-order chi connectivity index (χ0) is 21.4. The number of hydrogen-bond acceptors (Lipinski definition) is 6. The van der Waals surface area contributed by atoms with Crippen LogP contribution in [-0.2, 0) is 16.0 Å². The highest BCUT2D eigenvalue weighted by atomic mass is 16.2. The fraction of sp³-hybridized carbons (Fsp3) is 0.304. The number of aromatic nitrogens is 1. The van der Waals surface area contributed by atoms with Crippen LogP contribution < -0.4 is 5.32 Å². The number of carbonyl (C=O) groups is 3. The molecule has 2 N–H and O–H groups in total. The molecule has 0 radical (unpaired) electrons. The Morgan fingerprint density at radius 1 is 1.07 bits per heavy atom. The Morgan fingerprint density at radius 3 is 2.60 bits per heavy atom. The standard InChI is InChI=1S/C23H24N4O3/c1-24-8-6-13-11-25-17-5-4-15(22(29)19(13)17)16-10-18(28)23(30)20-14(7-9-27(2)3)12-26-21(16)20/h4-5,10-12,24,26H,6-9H2,1-3H3. The lowest BCUT2D eigenvalue weighted by molar-refractivity contribution is -0.111. The molecular formula is C23H24N4O3. The lowest BCUT2D eigenvalue weighted by atomic mass is 9.82. The van der Waals surface area contributed by atoms with E-state index in [2.05, 4.69) is 15.3 Å².